The summed E-state index contributed by atoms with van der Waals surface area (Å²) in [5.41, 5.74) is 1.20. The van der Waals surface area contributed by atoms with Gasteiger partial charge in [0, 0.05) is 11.1 Å². The van der Waals surface area contributed by atoms with E-state index in [2.05, 4.69) is 9.97 Å². The number of hydrogen-bond acceptors (Lipinski definition) is 5. The van der Waals surface area contributed by atoms with Crippen molar-refractivity contribution in [2.75, 3.05) is 0 Å². The summed E-state index contributed by atoms with van der Waals surface area (Å²) in [7, 11) is -3.97. The van der Waals surface area contributed by atoms with E-state index >= 15 is 0 Å². The number of carbonyl (C=O) groups is 1. The Hall–Kier alpha value is -3.68. The van der Waals surface area contributed by atoms with Crippen LogP contribution in [0.3, 0.4) is 0 Å². The van der Waals surface area contributed by atoms with Crippen LogP contribution in [0, 0.1) is 0 Å². The third-order valence-electron chi connectivity index (χ3n) is 5.19. The Labute approximate surface area is 195 Å². The molecule has 0 spiro atoms. The topological polar surface area (TPSA) is 79.9 Å². The van der Waals surface area contributed by atoms with E-state index in [1.165, 1.54) is 0 Å². The molecule has 33 heavy (non-hydrogen) atoms. The highest BCUT2D eigenvalue weighted by atomic mass is 32.2. The maximum atomic E-state index is 13.7. The van der Waals surface area contributed by atoms with E-state index < -0.39 is 9.84 Å². The lowest BCUT2D eigenvalue weighted by Gasteiger charge is -2.06. The van der Waals surface area contributed by atoms with Crippen LogP contribution in [0.2, 0.25) is 0 Å². The number of fused-ring (bicyclic) bond motifs is 1. The van der Waals surface area contributed by atoms with Crippen LogP contribution in [-0.2, 0) is 9.84 Å². The number of rotatable bonds is 5. The molecule has 0 bridgehead atoms. The lowest BCUT2D eigenvalue weighted by atomic mass is 10.1. The van der Waals surface area contributed by atoms with Crippen LogP contribution in [0.4, 0.5) is 0 Å². The number of thioether (sulfide) groups is 1. The number of aromatic amines is 1. The molecule has 0 saturated heterocycles. The Morgan fingerprint density at radius 2 is 1.39 bits per heavy atom. The maximum absolute atomic E-state index is 13.7. The van der Waals surface area contributed by atoms with Gasteiger partial charge in [-0.05, 0) is 34.7 Å². The highest BCUT2D eigenvalue weighted by Crippen LogP contribution is 2.34. The molecule has 0 saturated carbocycles. The molecule has 1 heterocycles. The van der Waals surface area contributed by atoms with Crippen molar-refractivity contribution in [3.05, 3.63) is 109 Å². The minimum absolute atomic E-state index is 0.0917. The number of aromatic nitrogens is 2. The molecule has 0 fully saturated rings. The highest BCUT2D eigenvalue weighted by Gasteiger charge is 2.28. The van der Waals surface area contributed by atoms with Gasteiger partial charge in [0.05, 0.1) is 4.90 Å². The summed E-state index contributed by atoms with van der Waals surface area (Å²) in [6.07, 6.45) is 0. The average molecular weight is 471 g/mol. The molecule has 0 aliphatic heterocycles. The summed E-state index contributed by atoms with van der Waals surface area (Å²) in [5.74, 6) is 0.387. The molecule has 162 valence electrons. The Balaban J connectivity index is 1.62. The molecule has 5 nitrogen and oxygen atoms in total. The zero-order chi connectivity index (χ0) is 22.8. The normalized spacial score (nSPS) is 11.5. The molecule has 4 aromatic carbocycles. The smallest absolute Gasteiger partial charge is 0.225 e. The SMILES string of the molecule is O=C(Sc1nc(-c2ccccc2)[nH]c1S(=O)(=O)c1ccc2ccccc2c1)c1ccccc1. The van der Waals surface area contributed by atoms with Gasteiger partial charge in [-0.3, -0.25) is 4.79 Å². The van der Waals surface area contributed by atoms with Gasteiger partial charge in [0.15, 0.2) is 5.03 Å². The fraction of sp³-hybridized carbons (Fsp3) is 0. The largest absolute Gasteiger partial charge is 0.328 e. The standard InChI is InChI=1S/C26H18N2O3S2/c29-26(20-12-5-2-6-13-20)32-24-25(28-23(27-24)19-10-3-1-4-11-19)33(30,31)22-16-15-18-9-7-8-14-21(18)17-22/h1-17H,(H,27,28). The number of hydrogen-bond donors (Lipinski definition) is 1. The molecule has 0 radical (unpaired) electrons. The molecule has 5 aromatic rings. The second-order valence-electron chi connectivity index (χ2n) is 7.35. The summed E-state index contributed by atoms with van der Waals surface area (Å²) >= 11 is 0.804. The minimum Gasteiger partial charge on any atom is -0.328 e. The number of benzene rings is 4. The average Bonchev–Trinajstić information content (AvgIpc) is 3.29. The molecule has 0 atom stereocenters. The zero-order valence-corrected chi connectivity index (χ0v) is 18.9. The number of imidazole rings is 1. The fourth-order valence-corrected chi connectivity index (χ4v) is 5.93. The van der Waals surface area contributed by atoms with Gasteiger partial charge < -0.3 is 4.98 Å². The van der Waals surface area contributed by atoms with E-state index in [1.807, 2.05) is 60.7 Å². The van der Waals surface area contributed by atoms with E-state index in [-0.39, 0.29) is 20.1 Å². The van der Waals surface area contributed by atoms with E-state index in [1.54, 1.807) is 42.5 Å². The second kappa shape index (κ2) is 8.69. The first kappa shape index (κ1) is 21.2. The summed E-state index contributed by atoms with van der Waals surface area (Å²) in [4.78, 5) is 20.5. The Bertz CT molecular complexity index is 1560. The monoisotopic (exact) mass is 470 g/mol. The van der Waals surface area contributed by atoms with Crippen LogP contribution in [0.1, 0.15) is 10.4 Å². The third-order valence-corrected chi connectivity index (χ3v) is 7.93. The van der Waals surface area contributed by atoms with Gasteiger partial charge >= 0.3 is 0 Å². The van der Waals surface area contributed by atoms with Gasteiger partial charge in [-0.1, -0.05) is 91.0 Å². The maximum Gasteiger partial charge on any atom is 0.225 e. The Morgan fingerprint density at radius 3 is 2.12 bits per heavy atom. The van der Waals surface area contributed by atoms with Crippen LogP contribution in [-0.4, -0.2) is 23.5 Å². The molecule has 7 heteroatoms. The number of sulfone groups is 1. The number of carbonyl (C=O) groups excluding carboxylic acids is 1. The summed E-state index contributed by atoms with van der Waals surface area (Å²) in [5, 5.41) is 1.51. The van der Waals surface area contributed by atoms with E-state index in [0.29, 0.717) is 11.4 Å². The number of nitrogens with one attached hydrogen (secondary N) is 1. The first-order valence-electron chi connectivity index (χ1n) is 10.2. The van der Waals surface area contributed by atoms with Crippen LogP contribution in [0.15, 0.2) is 118 Å². The van der Waals surface area contributed by atoms with Crippen LogP contribution < -0.4 is 0 Å². The van der Waals surface area contributed by atoms with Crippen molar-refractivity contribution in [3.8, 4) is 11.4 Å². The summed E-state index contributed by atoms with van der Waals surface area (Å²) in [6.45, 7) is 0. The predicted octanol–water partition coefficient (Wildman–Crippen LogP) is 6.00. The molecule has 0 aliphatic rings. The number of nitrogens with zero attached hydrogens (tertiary/aromatic N) is 1. The molecular weight excluding hydrogens is 452 g/mol. The van der Waals surface area contributed by atoms with Gasteiger partial charge in [0.2, 0.25) is 15.0 Å². The van der Waals surface area contributed by atoms with Crippen molar-refractivity contribution in [2.45, 2.75) is 14.9 Å². The predicted molar refractivity (Wildman–Crippen MR) is 130 cm³/mol. The van der Waals surface area contributed by atoms with E-state index in [0.717, 1.165) is 28.1 Å². The lowest BCUT2D eigenvalue weighted by Crippen LogP contribution is -2.05. The molecule has 0 aliphatic carbocycles. The van der Waals surface area contributed by atoms with E-state index in [4.69, 9.17) is 0 Å². The van der Waals surface area contributed by atoms with Gasteiger partial charge in [-0.15, -0.1) is 0 Å². The summed E-state index contributed by atoms with van der Waals surface area (Å²) < 4.78 is 27.3. The van der Waals surface area contributed by atoms with Crippen LogP contribution in [0.25, 0.3) is 22.2 Å². The lowest BCUT2D eigenvalue weighted by molar-refractivity contribution is 0.108. The van der Waals surface area contributed by atoms with Gasteiger partial charge in [0.1, 0.15) is 10.9 Å². The first-order valence-corrected chi connectivity index (χ1v) is 12.5. The third kappa shape index (κ3) is 4.20. The Kier molecular flexibility index (Phi) is 5.58. The molecule has 1 aromatic heterocycles. The number of H-pyrrole nitrogens is 1. The minimum atomic E-state index is -3.97. The van der Waals surface area contributed by atoms with Gasteiger partial charge in [-0.2, -0.15) is 0 Å². The van der Waals surface area contributed by atoms with Crippen LogP contribution >= 0.6 is 11.8 Å². The molecule has 0 unspecified atom stereocenters. The first-order chi connectivity index (χ1) is 16.0. The molecule has 5 rings (SSSR count). The molecular formula is C26H18N2O3S2. The van der Waals surface area contributed by atoms with Crippen molar-refractivity contribution in [1.29, 1.82) is 0 Å². The van der Waals surface area contributed by atoms with Crippen molar-refractivity contribution >= 4 is 37.5 Å². The second-order valence-corrected chi connectivity index (χ2v) is 10.2. The quantitative estimate of drug-likeness (QED) is 0.319. The molecule has 1 N–H and O–H groups in total. The Morgan fingerprint density at radius 1 is 0.758 bits per heavy atom. The van der Waals surface area contributed by atoms with Crippen molar-refractivity contribution in [2.24, 2.45) is 0 Å². The highest BCUT2D eigenvalue weighted by molar-refractivity contribution is 8.14. The zero-order valence-electron chi connectivity index (χ0n) is 17.3. The summed E-state index contributed by atoms with van der Waals surface area (Å²) in [6, 6.07) is 30.5. The van der Waals surface area contributed by atoms with Crippen LogP contribution in [0.5, 0.6) is 0 Å². The van der Waals surface area contributed by atoms with Crippen molar-refractivity contribution < 1.29 is 13.2 Å². The van der Waals surface area contributed by atoms with Crippen molar-refractivity contribution in [3.63, 3.8) is 0 Å². The molecule has 0 amide bonds. The van der Waals surface area contributed by atoms with Gasteiger partial charge in [0.25, 0.3) is 0 Å². The van der Waals surface area contributed by atoms with Crippen molar-refractivity contribution in [1.82, 2.24) is 9.97 Å². The van der Waals surface area contributed by atoms with E-state index in [9.17, 15) is 13.2 Å². The fourth-order valence-electron chi connectivity index (χ4n) is 3.50. The van der Waals surface area contributed by atoms with Gasteiger partial charge in [-0.25, -0.2) is 13.4 Å².